The van der Waals surface area contributed by atoms with Crippen LogP contribution in [0, 0.1) is 11.8 Å². The predicted molar refractivity (Wildman–Crippen MR) is 85.5 cm³/mol. The second kappa shape index (κ2) is 7.81. The lowest BCUT2D eigenvalue weighted by Crippen LogP contribution is -2.42. The Kier molecular flexibility index (Phi) is 6.69. The van der Waals surface area contributed by atoms with Gasteiger partial charge in [0.1, 0.15) is 5.92 Å². The third-order valence-electron chi connectivity index (χ3n) is 3.98. The topological polar surface area (TPSA) is 47.9 Å². The average Bonchev–Trinajstić information content (AvgIpc) is 2.36. The summed E-state index contributed by atoms with van der Waals surface area (Å²) in [6, 6.07) is 0. The molecule has 0 radical (unpaired) electrons. The van der Waals surface area contributed by atoms with E-state index in [1.165, 1.54) is 0 Å². The Morgan fingerprint density at radius 3 is 2.57 bits per heavy atom. The first-order chi connectivity index (χ1) is 9.84. The van der Waals surface area contributed by atoms with Gasteiger partial charge in [0.15, 0.2) is 5.90 Å². The second-order valence-corrected chi connectivity index (χ2v) is 6.58. The van der Waals surface area contributed by atoms with Crippen molar-refractivity contribution in [2.45, 2.75) is 78.9 Å². The minimum atomic E-state index is -0.364. The summed E-state index contributed by atoms with van der Waals surface area (Å²) in [5.74, 6) is 0.254. The van der Waals surface area contributed by atoms with Crippen molar-refractivity contribution in [1.29, 1.82) is 0 Å². The maximum Gasteiger partial charge on any atom is 0.318 e. The highest BCUT2D eigenvalue weighted by Crippen LogP contribution is 2.31. The van der Waals surface area contributed by atoms with E-state index in [1.54, 1.807) is 0 Å². The van der Waals surface area contributed by atoms with Crippen molar-refractivity contribution in [3.05, 3.63) is 0 Å². The van der Waals surface area contributed by atoms with E-state index in [0.717, 1.165) is 25.7 Å². The van der Waals surface area contributed by atoms with E-state index in [0.29, 0.717) is 12.5 Å². The van der Waals surface area contributed by atoms with Crippen molar-refractivity contribution in [2.24, 2.45) is 16.8 Å². The molecule has 0 saturated heterocycles. The first-order valence-electron chi connectivity index (χ1n) is 8.27. The Bertz CT molecular complexity index is 376. The van der Waals surface area contributed by atoms with Gasteiger partial charge in [-0.1, -0.05) is 26.7 Å². The molecule has 0 aromatic rings. The Labute approximate surface area is 129 Å². The van der Waals surface area contributed by atoms with Crippen LogP contribution < -0.4 is 0 Å². The van der Waals surface area contributed by atoms with Crippen molar-refractivity contribution in [3.8, 4) is 0 Å². The molecule has 0 amide bonds. The van der Waals surface area contributed by atoms with Crippen LogP contribution in [-0.2, 0) is 14.3 Å². The third kappa shape index (κ3) is 5.01. The van der Waals surface area contributed by atoms with E-state index < -0.39 is 0 Å². The van der Waals surface area contributed by atoms with Crippen LogP contribution in [0.5, 0.6) is 0 Å². The minimum absolute atomic E-state index is 0.0866. The molecule has 0 aromatic carbocycles. The first kappa shape index (κ1) is 18.0. The molecule has 0 aliphatic carbocycles. The molecule has 1 aliphatic rings. The fraction of sp³-hybridized carbons (Fsp3) is 0.882. The number of carbonyl (C=O) groups excluding carboxylic acids is 1. The fourth-order valence-electron chi connectivity index (χ4n) is 3.17. The van der Waals surface area contributed by atoms with Gasteiger partial charge in [-0.05, 0) is 40.0 Å². The van der Waals surface area contributed by atoms with Crippen LogP contribution in [0.25, 0.3) is 0 Å². The summed E-state index contributed by atoms with van der Waals surface area (Å²) >= 11 is 0. The van der Waals surface area contributed by atoms with Gasteiger partial charge in [0.25, 0.3) is 0 Å². The normalized spacial score (nSPS) is 23.7. The third-order valence-corrected chi connectivity index (χ3v) is 3.98. The van der Waals surface area contributed by atoms with Crippen LogP contribution in [0.2, 0.25) is 0 Å². The zero-order chi connectivity index (χ0) is 16.0. The number of nitrogens with zero attached hydrogens (tertiary/aromatic N) is 1. The Balaban J connectivity index is 3.10. The van der Waals surface area contributed by atoms with E-state index in [1.807, 2.05) is 13.8 Å². The van der Waals surface area contributed by atoms with Gasteiger partial charge in [-0.2, -0.15) is 0 Å². The highest BCUT2D eigenvalue weighted by molar-refractivity contribution is 5.98. The summed E-state index contributed by atoms with van der Waals surface area (Å²) in [7, 11) is 0. The van der Waals surface area contributed by atoms with Gasteiger partial charge < -0.3 is 9.47 Å². The number of aliphatic imine (C=N–C) groups is 1. The van der Waals surface area contributed by atoms with Crippen LogP contribution in [-0.4, -0.2) is 30.1 Å². The molecule has 1 rings (SSSR count). The standard InChI is InChI=1S/C17H31NO3/c1-7-10-13(8-2)14(16(19)20-9-3)15-18-17(5,6)11-12(4)21-15/h12-14H,7-11H2,1-6H3/t12-,13-,14-/m0/s1. The average molecular weight is 297 g/mol. The smallest absolute Gasteiger partial charge is 0.318 e. The number of carbonyl (C=O) groups is 1. The van der Waals surface area contributed by atoms with Gasteiger partial charge in [0, 0.05) is 6.42 Å². The van der Waals surface area contributed by atoms with E-state index in [-0.39, 0.29) is 29.4 Å². The number of ether oxygens (including phenoxy) is 2. The predicted octanol–water partition coefficient (Wildman–Crippen LogP) is 3.98. The first-order valence-corrected chi connectivity index (χ1v) is 8.27. The van der Waals surface area contributed by atoms with Crippen LogP contribution in [0.15, 0.2) is 4.99 Å². The molecule has 4 nitrogen and oxygen atoms in total. The molecule has 0 fully saturated rings. The van der Waals surface area contributed by atoms with Gasteiger partial charge in [-0.15, -0.1) is 0 Å². The molecule has 0 bridgehead atoms. The van der Waals surface area contributed by atoms with Crippen LogP contribution in [0.1, 0.15) is 67.2 Å². The molecule has 0 saturated carbocycles. The molecule has 4 heteroatoms. The number of hydrogen-bond donors (Lipinski definition) is 0. The molecule has 122 valence electrons. The summed E-state index contributed by atoms with van der Waals surface area (Å²) in [5.41, 5.74) is -0.178. The van der Waals surface area contributed by atoms with E-state index >= 15 is 0 Å². The molecular formula is C17H31NO3. The minimum Gasteiger partial charge on any atom is -0.477 e. The second-order valence-electron chi connectivity index (χ2n) is 6.58. The fourth-order valence-corrected chi connectivity index (χ4v) is 3.17. The molecule has 21 heavy (non-hydrogen) atoms. The van der Waals surface area contributed by atoms with Gasteiger partial charge in [-0.3, -0.25) is 4.79 Å². The Morgan fingerprint density at radius 1 is 1.43 bits per heavy atom. The van der Waals surface area contributed by atoms with Crippen molar-refractivity contribution in [2.75, 3.05) is 6.61 Å². The van der Waals surface area contributed by atoms with Gasteiger partial charge in [0.05, 0.1) is 18.2 Å². The van der Waals surface area contributed by atoms with Crippen LogP contribution in [0.3, 0.4) is 0 Å². The lowest BCUT2D eigenvalue weighted by Gasteiger charge is -2.35. The summed E-state index contributed by atoms with van der Waals surface area (Å²) in [6.45, 7) is 12.7. The SMILES string of the molecule is CCC[C@H](CC)[C@H](C(=O)OCC)C1=NC(C)(C)C[C@H](C)O1. The van der Waals surface area contributed by atoms with Crippen molar-refractivity contribution in [3.63, 3.8) is 0 Å². The maximum atomic E-state index is 12.5. The summed E-state index contributed by atoms with van der Waals surface area (Å²) < 4.78 is 11.2. The highest BCUT2D eigenvalue weighted by atomic mass is 16.5. The quantitative estimate of drug-likeness (QED) is 0.668. The molecule has 0 unspecified atom stereocenters. The van der Waals surface area contributed by atoms with Crippen LogP contribution >= 0.6 is 0 Å². The highest BCUT2D eigenvalue weighted by Gasteiger charge is 2.39. The molecule has 1 heterocycles. The maximum absolute atomic E-state index is 12.5. The van der Waals surface area contributed by atoms with Crippen molar-refractivity contribution < 1.29 is 14.3 Å². The molecule has 0 aromatic heterocycles. The summed E-state index contributed by atoms with van der Waals surface area (Å²) in [4.78, 5) is 17.2. The molecule has 3 atom stereocenters. The zero-order valence-electron chi connectivity index (χ0n) is 14.4. The van der Waals surface area contributed by atoms with Crippen molar-refractivity contribution >= 4 is 11.9 Å². The van der Waals surface area contributed by atoms with Gasteiger partial charge in [-0.25, -0.2) is 4.99 Å². The number of esters is 1. The Hall–Kier alpha value is -1.06. The summed E-state index contributed by atoms with van der Waals surface area (Å²) in [5, 5.41) is 0. The van der Waals surface area contributed by atoms with Gasteiger partial charge in [0.2, 0.25) is 0 Å². The largest absolute Gasteiger partial charge is 0.477 e. The lowest BCUT2D eigenvalue weighted by atomic mass is 9.84. The zero-order valence-corrected chi connectivity index (χ0v) is 14.4. The van der Waals surface area contributed by atoms with E-state index in [9.17, 15) is 4.79 Å². The molecule has 1 aliphatic heterocycles. The number of rotatable bonds is 7. The summed E-state index contributed by atoms with van der Waals surface area (Å²) in [6.07, 6.45) is 3.91. The van der Waals surface area contributed by atoms with Crippen LogP contribution in [0.4, 0.5) is 0 Å². The molecule has 0 N–H and O–H groups in total. The van der Waals surface area contributed by atoms with E-state index in [4.69, 9.17) is 14.5 Å². The number of hydrogen-bond acceptors (Lipinski definition) is 4. The monoisotopic (exact) mass is 297 g/mol. The van der Waals surface area contributed by atoms with E-state index in [2.05, 4.69) is 27.7 Å². The lowest BCUT2D eigenvalue weighted by molar-refractivity contribution is -0.148. The molecular weight excluding hydrogens is 266 g/mol. The molecule has 0 spiro atoms. The van der Waals surface area contributed by atoms with Crippen molar-refractivity contribution in [1.82, 2.24) is 0 Å². The Morgan fingerprint density at radius 2 is 2.10 bits per heavy atom. The van der Waals surface area contributed by atoms with Gasteiger partial charge >= 0.3 is 5.97 Å².